The fourth-order valence-electron chi connectivity index (χ4n) is 3.26. The highest BCUT2D eigenvalue weighted by molar-refractivity contribution is 7.13. The van der Waals surface area contributed by atoms with E-state index in [9.17, 15) is 0 Å². The highest BCUT2D eigenvalue weighted by Gasteiger charge is 2.16. The standard InChI is InChI=1S/C20H20N2OS/c1-12(2)19-15-9-8-14(11-17(15)23-21-19)10-13(3)20-16-6-4-5-7-18(16)24-22-20/h4-9,11-13H,10H2,1-3H3. The molecule has 0 fully saturated rings. The van der Waals surface area contributed by atoms with Gasteiger partial charge in [-0.2, -0.15) is 4.37 Å². The Morgan fingerprint density at radius 1 is 1.00 bits per heavy atom. The molecule has 1 atom stereocenters. The summed E-state index contributed by atoms with van der Waals surface area (Å²) in [6.07, 6.45) is 0.946. The molecule has 24 heavy (non-hydrogen) atoms. The van der Waals surface area contributed by atoms with E-state index in [1.165, 1.54) is 21.3 Å². The third kappa shape index (κ3) is 2.61. The fourth-order valence-corrected chi connectivity index (χ4v) is 4.14. The first-order valence-electron chi connectivity index (χ1n) is 8.36. The Hall–Kier alpha value is -2.20. The van der Waals surface area contributed by atoms with Gasteiger partial charge in [-0.15, -0.1) is 0 Å². The molecule has 0 spiro atoms. The lowest BCUT2D eigenvalue weighted by Crippen LogP contribution is -1.99. The van der Waals surface area contributed by atoms with E-state index in [2.05, 4.69) is 72.8 Å². The normalized spacial score (nSPS) is 13.2. The lowest BCUT2D eigenvalue weighted by molar-refractivity contribution is 0.441. The molecule has 2 aromatic heterocycles. The Kier molecular flexibility index (Phi) is 3.85. The smallest absolute Gasteiger partial charge is 0.167 e. The highest BCUT2D eigenvalue weighted by atomic mass is 32.1. The summed E-state index contributed by atoms with van der Waals surface area (Å²) >= 11 is 1.58. The van der Waals surface area contributed by atoms with Crippen molar-refractivity contribution in [2.24, 2.45) is 0 Å². The maximum atomic E-state index is 5.53. The Morgan fingerprint density at radius 3 is 2.67 bits per heavy atom. The van der Waals surface area contributed by atoms with Gasteiger partial charge in [0.15, 0.2) is 5.58 Å². The van der Waals surface area contributed by atoms with Crippen LogP contribution in [0.5, 0.6) is 0 Å². The summed E-state index contributed by atoms with van der Waals surface area (Å²) in [6.45, 7) is 6.52. The lowest BCUT2D eigenvalue weighted by Gasteiger charge is -2.09. The van der Waals surface area contributed by atoms with Gasteiger partial charge in [-0.25, -0.2) is 0 Å². The first-order chi connectivity index (χ1) is 11.6. The van der Waals surface area contributed by atoms with Crippen LogP contribution in [0.3, 0.4) is 0 Å². The molecular weight excluding hydrogens is 316 g/mol. The third-order valence-electron chi connectivity index (χ3n) is 4.53. The summed E-state index contributed by atoms with van der Waals surface area (Å²) in [5.41, 5.74) is 4.37. The second-order valence-electron chi connectivity index (χ2n) is 6.72. The molecule has 0 amide bonds. The van der Waals surface area contributed by atoms with Crippen molar-refractivity contribution >= 4 is 32.6 Å². The number of hydrogen-bond acceptors (Lipinski definition) is 4. The molecule has 1 unspecified atom stereocenters. The number of fused-ring (bicyclic) bond motifs is 2. The maximum Gasteiger partial charge on any atom is 0.167 e. The molecule has 4 rings (SSSR count). The zero-order chi connectivity index (χ0) is 16.7. The van der Waals surface area contributed by atoms with Crippen LogP contribution in [0.25, 0.3) is 21.1 Å². The molecule has 4 aromatic rings. The minimum Gasteiger partial charge on any atom is -0.356 e. The van der Waals surface area contributed by atoms with E-state index in [0.29, 0.717) is 11.8 Å². The molecule has 0 saturated carbocycles. The molecule has 0 radical (unpaired) electrons. The minimum absolute atomic E-state index is 0.367. The van der Waals surface area contributed by atoms with Gasteiger partial charge in [0.1, 0.15) is 0 Å². The van der Waals surface area contributed by atoms with Gasteiger partial charge in [0, 0.05) is 16.7 Å². The number of rotatable bonds is 4. The summed E-state index contributed by atoms with van der Waals surface area (Å²) < 4.78 is 11.5. The molecule has 4 heteroatoms. The van der Waals surface area contributed by atoms with Crippen molar-refractivity contribution in [2.45, 2.75) is 39.0 Å². The molecule has 122 valence electrons. The SMILES string of the molecule is CC(C)c1noc2cc(CC(C)c3nsc4ccccc34)ccc12. The van der Waals surface area contributed by atoms with Gasteiger partial charge in [0.05, 0.1) is 16.1 Å². The van der Waals surface area contributed by atoms with Crippen LogP contribution in [0.2, 0.25) is 0 Å². The van der Waals surface area contributed by atoms with Crippen LogP contribution in [-0.4, -0.2) is 9.53 Å². The van der Waals surface area contributed by atoms with E-state index < -0.39 is 0 Å². The van der Waals surface area contributed by atoms with E-state index in [-0.39, 0.29) is 0 Å². The van der Waals surface area contributed by atoms with E-state index in [1.807, 2.05) is 0 Å². The molecule has 0 bridgehead atoms. The van der Waals surface area contributed by atoms with Crippen LogP contribution in [0, 0.1) is 0 Å². The summed E-state index contributed by atoms with van der Waals surface area (Å²) in [4.78, 5) is 0. The van der Waals surface area contributed by atoms with Crippen LogP contribution < -0.4 is 0 Å². The molecule has 2 aromatic carbocycles. The van der Waals surface area contributed by atoms with E-state index >= 15 is 0 Å². The largest absolute Gasteiger partial charge is 0.356 e. The van der Waals surface area contributed by atoms with Crippen molar-refractivity contribution in [3.63, 3.8) is 0 Å². The number of aromatic nitrogens is 2. The van der Waals surface area contributed by atoms with Gasteiger partial charge >= 0.3 is 0 Å². The molecule has 3 nitrogen and oxygen atoms in total. The van der Waals surface area contributed by atoms with Gasteiger partial charge in [-0.05, 0) is 47.6 Å². The Labute approximate surface area is 145 Å². The molecule has 2 heterocycles. The van der Waals surface area contributed by atoms with Crippen LogP contribution in [-0.2, 0) is 6.42 Å². The first-order valence-corrected chi connectivity index (χ1v) is 9.13. The van der Waals surface area contributed by atoms with Gasteiger partial charge < -0.3 is 4.52 Å². The predicted molar refractivity (Wildman–Crippen MR) is 99.8 cm³/mol. The summed E-state index contributed by atoms with van der Waals surface area (Å²) in [5.74, 6) is 0.739. The number of benzene rings is 2. The molecule has 0 saturated heterocycles. The monoisotopic (exact) mass is 336 g/mol. The topological polar surface area (TPSA) is 38.9 Å². The van der Waals surface area contributed by atoms with E-state index in [4.69, 9.17) is 4.52 Å². The maximum absolute atomic E-state index is 5.53. The van der Waals surface area contributed by atoms with Crippen LogP contribution in [0.15, 0.2) is 47.0 Å². The summed E-state index contributed by atoms with van der Waals surface area (Å²) in [5, 5.41) is 6.62. The van der Waals surface area contributed by atoms with Crippen molar-refractivity contribution in [1.82, 2.24) is 9.53 Å². The Bertz CT molecular complexity index is 999. The molecule has 0 N–H and O–H groups in total. The molecule has 0 aliphatic heterocycles. The minimum atomic E-state index is 0.367. The van der Waals surface area contributed by atoms with Crippen LogP contribution in [0.1, 0.15) is 49.6 Å². The van der Waals surface area contributed by atoms with Crippen molar-refractivity contribution < 1.29 is 4.52 Å². The second-order valence-corrected chi connectivity index (χ2v) is 7.53. The summed E-state index contributed by atoms with van der Waals surface area (Å²) in [6, 6.07) is 14.9. The zero-order valence-corrected chi connectivity index (χ0v) is 14.9. The van der Waals surface area contributed by atoms with Crippen molar-refractivity contribution in [1.29, 1.82) is 0 Å². The highest BCUT2D eigenvalue weighted by Crippen LogP contribution is 2.31. The van der Waals surface area contributed by atoms with Crippen LogP contribution >= 0.6 is 11.5 Å². The van der Waals surface area contributed by atoms with E-state index in [1.54, 1.807) is 11.5 Å². The van der Waals surface area contributed by atoms with E-state index in [0.717, 1.165) is 23.1 Å². The predicted octanol–water partition coefficient (Wildman–Crippen LogP) is 5.91. The lowest BCUT2D eigenvalue weighted by atomic mass is 9.95. The molecule has 0 aliphatic carbocycles. The zero-order valence-electron chi connectivity index (χ0n) is 14.1. The number of nitrogens with zero attached hydrogens (tertiary/aromatic N) is 2. The summed E-state index contributed by atoms with van der Waals surface area (Å²) in [7, 11) is 0. The third-order valence-corrected chi connectivity index (χ3v) is 5.37. The van der Waals surface area contributed by atoms with Gasteiger partial charge in [-0.1, -0.05) is 50.2 Å². The average molecular weight is 336 g/mol. The molecule has 0 aliphatic rings. The molecular formula is C20H20N2OS. The average Bonchev–Trinajstić information content (AvgIpc) is 3.18. The van der Waals surface area contributed by atoms with Crippen molar-refractivity contribution in [3.8, 4) is 0 Å². The van der Waals surface area contributed by atoms with Gasteiger partial charge in [0.25, 0.3) is 0 Å². The van der Waals surface area contributed by atoms with Crippen molar-refractivity contribution in [3.05, 3.63) is 59.4 Å². The van der Waals surface area contributed by atoms with Gasteiger partial charge in [0.2, 0.25) is 0 Å². The number of hydrogen-bond donors (Lipinski definition) is 0. The van der Waals surface area contributed by atoms with Crippen molar-refractivity contribution in [2.75, 3.05) is 0 Å². The van der Waals surface area contributed by atoms with Crippen LogP contribution in [0.4, 0.5) is 0 Å². The van der Waals surface area contributed by atoms with Gasteiger partial charge in [-0.3, -0.25) is 0 Å². The second kappa shape index (κ2) is 6.02. The Balaban J connectivity index is 1.64. The fraction of sp³-hybridized carbons (Fsp3) is 0.300. The Morgan fingerprint density at radius 2 is 1.83 bits per heavy atom. The quantitative estimate of drug-likeness (QED) is 0.465. The first kappa shape index (κ1) is 15.3.